The van der Waals surface area contributed by atoms with Gasteiger partial charge in [0, 0.05) is 10.4 Å². The molecule has 0 aliphatic carbocycles. The molecule has 5 nitrogen and oxygen atoms in total. The van der Waals surface area contributed by atoms with Crippen molar-refractivity contribution in [2.75, 3.05) is 6.61 Å². The van der Waals surface area contributed by atoms with Gasteiger partial charge in [0.2, 0.25) is 0 Å². The van der Waals surface area contributed by atoms with E-state index in [9.17, 15) is 14.7 Å². The number of hydrogen-bond donors (Lipinski definition) is 2. The van der Waals surface area contributed by atoms with Gasteiger partial charge in [-0.1, -0.05) is 30.3 Å². The second-order valence-corrected chi connectivity index (χ2v) is 5.09. The number of aliphatic carboxylic acids is 1. The van der Waals surface area contributed by atoms with E-state index >= 15 is 0 Å². The molecule has 0 bridgehead atoms. The lowest BCUT2D eigenvalue weighted by Gasteiger charge is -2.04. The Hall–Kier alpha value is -2.34. The fraction of sp³-hybridized carbons (Fsp3) is 0.143. The molecule has 2 N–H and O–H groups in total. The lowest BCUT2D eigenvalue weighted by atomic mass is 10.1. The molecule has 1 heterocycles. The second-order valence-electron chi connectivity index (χ2n) is 4.07. The summed E-state index contributed by atoms with van der Waals surface area (Å²) in [7, 11) is 0. The number of aromatic carboxylic acids is 1. The molecule has 0 radical (unpaired) electrons. The predicted molar refractivity (Wildman–Crippen MR) is 74.6 cm³/mol. The number of benzene rings is 1. The zero-order chi connectivity index (χ0) is 14.7. The zero-order valence-electron chi connectivity index (χ0n) is 10.6. The van der Waals surface area contributed by atoms with E-state index in [0.717, 1.165) is 21.8 Å². The normalized spacial score (nSPS) is 10.2. The first-order chi connectivity index (χ1) is 9.50. The van der Waals surface area contributed by atoms with Crippen molar-refractivity contribution >= 4 is 23.3 Å². The molecule has 0 aliphatic rings. The summed E-state index contributed by atoms with van der Waals surface area (Å²) in [5.74, 6) is -2.14. The van der Waals surface area contributed by atoms with E-state index in [1.54, 1.807) is 6.92 Å². The lowest BCUT2D eigenvalue weighted by Crippen LogP contribution is -2.11. The van der Waals surface area contributed by atoms with Crippen LogP contribution < -0.4 is 4.74 Å². The van der Waals surface area contributed by atoms with Crippen molar-refractivity contribution in [1.29, 1.82) is 0 Å². The highest BCUT2D eigenvalue weighted by Gasteiger charge is 2.22. The molecule has 0 amide bonds. The van der Waals surface area contributed by atoms with E-state index in [-0.39, 0.29) is 10.6 Å². The van der Waals surface area contributed by atoms with Crippen LogP contribution in [-0.4, -0.2) is 28.8 Å². The average molecular weight is 292 g/mol. The number of ether oxygens (including phenoxy) is 1. The quantitative estimate of drug-likeness (QED) is 0.885. The summed E-state index contributed by atoms with van der Waals surface area (Å²) in [4.78, 5) is 22.6. The van der Waals surface area contributed by atoms with Gasteiger partial charge >= 0.3 is 11.9 Å². The SMILES string of the molecule is Cc1c(-c2ccccc2)sc(C(=O)O)c1OCC(=O)O. The van der Waals surface area contributed by atoms with Crippen molar-refractivity contribution in [3.63, 3.8) is 0 Å². The first-order valence-corrected chi connectivity index (χ1v) is 6.59. The largest absolute Gasteiger partial charge is 0.480 e. The van der Waals surface area contributed by atoms with Gasteiger partial charge in [0.15, 0.2) is 11.5 Å². The molecule has 2 aromatic rings. The highest BCUT2D eigenvalue weighted by molar-refractivity contribution is 7.18. The predicted octanol–water partition coefficient (Wildman–Crippen LogP) is 2.89. The standard InChI is InChI=1S/C14H12O5S/c1-8-11(19-7-10(15)16)13(14(17)18)20-12(8)9-5-3-2-4-6-9/h2-6H,7H2,1H3,(H,15,16)(H,17,18). The number of carbonyl (C=O) groups is 2. The van der Waals surface area contributed by atoms with E-state index < -0.39 is 18.5 Å². The number of thiophene rings is 1. The third-order valence-electron chi connectivity index (χ3n) is 2.66. The van der Waals surface area contributed by atoms with Gasteiger partial charge in [0.1, 0.15) is 5.75 Å². The molecule has 0 spiro atoms. The summed E-state index contributed by atoms with van der Waals surface area (Å²) >= 11 is 1.08. The highest BCUT2D eigenvalue weighted by Crippen LogP contribution is 2.41. The Balaban J connectivity index is 2.48. The highest BCUT2D eigenvalue weighted by atomic mass is 32.1. The van der Waals surface area contributed by atoms with Crippen molar-refractivity contribution in [1.82, 2.24) is 0 Å². The maximum Gasteiger partial charge on any atom is 0.349 e. The number of carboxylic acid groups (broad SMARTS) is 2. The molecule has 0 atom stereocenters. The van der Waals surface area contributed by atoms with Gasteiger partial charge in [-0.15, -0.1) is 11.3 Å². The van der Waals surface area contributed by atoms with Gasteiger partial charge in [-0.3, -0.25) is 0 Å². The summed E-state index contributed by atoms with van der Waals surface area (Å²) < 4.78 is 5.12. The summed E-state index contributed by atoms with van der Waals surface area (Å²) in [6, 6.07) is 9.31. The smallest absolute Gasteiger partial charge is 0.349 e. The van der Waals surface area contributed by atoms with Crippen molar-refractivity contribution < 1.29 is 24.5 Å². The summed E-state index contributed by atoms with van der Waals surface area (Å²) in [6.45, 7) is 1.16. The van der Waals surface area contributed by atoms with Crippen LogP contribution in [0.25, 0.3) is 10.4 Å². The van der Waals surface area contributed by atoms with E-state index in [2.05, 4.69) is 0 Å². The summed E-state index contributed by atoms with van der Waals surface area (Å²) in [6.07, 6.45) is 0. The molecule has 6 heteroatoms. The minimum atomic E-state index is -1.15. The van der Waals surface area contributed by atoms with Gasteiger partial charge in [-0.2, -0.15) is 0 Å². The number of rotatable bonds is 5. The van der Waals surface area contributed by atoms with Crippen LogP contribution in [0.15, 0.2) is 30.3 Å². The van der Waals surface area contributed by atoms with Gasteiger partial charge in [-0.05, 0) is 12.5 Å². The fourth-order valence-electron chi connectivity index (χ4n) is 1.81. The van der Waals surface area contributed by atoms with Crippen LogP contribution >= 0.6 is 11.3 Å². The first-order valence-electron chi connectivity index (χ1n) is 5.77. The van der Waals surface area contributed by atoms with Crippen molar-refractivity contribution in [2.24, 2.45) is 0 Å². The third kappa shape index (κ3) is 2.80. The minimum Gasteiger partial charge on any atom is -0.480 e. The first kappa shape index (κ1) is 14.1. The van der Waals surface area contributed by atoms with E-state index in [4.69, 9.17) is 9.84 Å². The average Bonchev–Trinajstić information content (AvgIpc) is 2.75. The van der Waals surface area contributed by atoms with Crippen molar-refractivity contribution in [3.05, 3.63) is 40.8 Å². The Morgan fingerprint density at radius 1 is 1.20 bits per heavy atom. The van der Waals surface area contributed by atoms with Crippen molar-refractivity contribution in [3.8, 4) is 16.2 Å². The van der Waals surface area contributed by atoms with Crippen LogP contribution in [0.5, 0.6) is 5.75 Å². The molecule has 2 rings (SSSR count). The Morgan fingerprint density at radius 3 is 2.40 bits per heavy atom. The molecular formula is C14H12O5S. The molecule has 20 heavy (non-hydrogen) atoms. The van der Waals surface area contributed by atoms with Crippen LogP contribution in [0, 0.1) is 6.92 Å². The van der Waals surface area contributed by atoms with Crippen LogP contribution in [-0.2, 0) is 4.79 Å². The van der Waals surface area contributed by atoms with Crippen LogP contribution in [0.1, 0.15) is 15.2 Å². The monoisotopic (exact) mass is 292 g/mol. The maximum atomic E-state index is 11.2. The van der Waals surface area contributed by atoms with Crippen LogP contribution in [0.4, 0.5) is 0 Å². The third-order valence-corrected chi connectivity index (χ3v) is 3.97. The second kappa shape index (κ2) is 5.75. The molecular weight excluding hydrogens is 280 g/mol. The lowest BCUT2D eigenvalue weighted by molar-refractivity contribution is -0.139. The number of carboxylic acids is 2. The molecule has 0 fully saturated rings. The van der Waals surface area contributed by atoms with E-state index in [0.29, 0.717) is 5.56 Å². The Kier molecular flexibility index (Phi) is 4.05. The topological polar surface area (TPSA) is 83.8 Å². The molecule has 0 unspecified atom stereocenters. The van der Waals surface area contributed by atoms with E-state index in [1.807, 2.05) is 30.3 Å². The molecule has 0 saturated carbocycles. The van der Waals surface area contributed by atoms with Crippen LogP contribution in [0.3, 0.4) is 0 Å². The molecule has 0 aliphatic heterocycles. The fourth-order valence-corrected chi connectivity index (χ4v) is 2.91. The zero-order valence-corrected chi connectivity index (χ0v) is 11.4. The van der Waals surface area contributed by atoms with Gasteiger partial charge in [0.25, 0.3) is 0 Å². The van der Waals surface area contributed by atoms with E-state index in [1.165, 1.54) is 0 Å². The Bertz CT molecular complexity index is 645. The molecule has 0 saturated heterocycles. The van der Waals surface area contributed by atoms with Crippen molar-refractivity contribution in [2.45, 2.75) is 6.92 Å². The number of hydrogen-bond acceptors (Lipinski definition) is 4. The Morgan fingerprint density at radius 2 is 1.85 bits per heavy atom. The Labute approximate surface area is 119 Å². The molecule has 1 aromatic heterocycles. The maximum absolute atomic E-state index is 11.2. The van der Waals surface area contributed by atoms with Gasteiger partial charge < -0.3 is 14.9 Å². The minimum absolute atomic E-state index is 0.0163. The van der Waals surface area contributed by atoms with Gasteiger partial charge in [-0.25, -0.2) is 9.59 Å². The van der Waals surface area contributed by atoms with Crippen LogP contribution in [0.2, 0.25) is 0 Å². The van der Waals surface area contributed by atoms with Gasteiger partial charge in [0.05, 0.1) is 0 Å². The molecule has 1 aromatic carbocycles. The molecule has 104 valence electrons. The summed E-state index contributed by atoms with van der Waals surface area (Å²) in [5.41, 5.74) is 1.52. The summed E-state index contributed by atoms with van der Waals surface area (Å²) in [5, 5.41) is 17.8.